The number of benzene rings is 1. The van der Waals surface area contributed by atoms with Gasteiger partial charge in [-0.3, -0.25) is 14.4 Å². The molecule has 0 unspecified atom stereocenters. The summed E-state index contributed by atoms with van der Waals surface area (Å²) in [4.78, 5) is 41.9. The third-order valence-electron chi connectivity index (χ3n) is 6.92. The molecule has 1 aromatic carbocycles. The molecule has 0 saturated heterocycles. The Morgan fingerprint density at radius 3 is 1.84 bits per heavy atom. The number of hydrogen-bond acceptors (Lipinski definition) is 5. The van der Waals surface area contributed by atoms with E-state index in [9.17, 15) is 19.5 Å². The van der Waals surface area contributed by atoms with Gasteiger partial charge in [0.1, 0.15) is 17.3 Å². The molecule has 2 aliphatic carbocycles. The molecule has 0 spiro atoms. The highest BCUT2D eigenvalue weighted by Gasteiger charge is 2.48. The van der Waals surface area contributed by atoms with Crippen molar-refractivity contribution in [3.63, 3.8) is 0 Å². The molecule has 5 heteroatoms. The van der Waals surface area contributed by atoms with E-state index in [2.05, 4.69) is 18.7 Å². The van der Waals surface area contributed by atoms with Crippen molar-refractivity contribution >= 4 is 23.0 Å². The Kier molecular flexibility index (Phi) is 6.69. The average Bonchev–Trinajstić information content (AvgIpc) is 2.65. The van der Waals surface area contributed by atoms with Gasteiger partial charge in [0, 0.05) is 56.0 Å². The zero-order chi connectivity index (χ0) is 23.8. The normalized spacial score (nSPS) is 22.2. The largest absolute Gasteiger partial charge is 0.512 e. The molecule has 32 heavy (non-hydrogen) atoms. The number of anilines is 1. The molecular weight excluding hydrogens is 402 g/mol. The number of carbonyl (C=O) groups excluding carboxylic acids is 3. The second-order valence-electron chi connectivity index (χ2n) is 11.0. The first kappa shape index (κ1) is 24.2. The Hall–Kier alpha value is -2.43. The van der Waals surface area contributed by atoms with Crippen LogP contribution >= 0.6 is 0 Å². The first-order chi connectivity index (χ1) is 14.9. The van der Waals surface area contributed by atoms with Crippen molar-refractivity contribution in [1.29, 1.82) is 0 Å². The number of rotatable bonds is 6. The number of aliphatic hydroxyl groups excluding tert-OH is 1. The summed E-state index contributed by atoms with van der Waals surface area (Å²) in [6.07, 6.45) is 1.25. The van der Waals surface area contributed by atoms with Crippen molar-refractivity contribution in [3.8, 4) is 0 Å². The van der Waals surface area contributed by atoms with Gasteiger partial charge in [-0.15, -0.1) is 0 Å². The number of aliphatic hydroxyl groups is 1. The minimum absolute atomic E-state index is 0.0227. The molecule has 0 amide bonds. The summed E-state index contributed by atoms with van der Waals surface area (Å²) in [6, 6.07) is 7.77. The van der Waals surface area contributed by atoms with Crippen LogP contribution in [0.15, 0.2) is 35.6 Å². The van der Waals surface area contributed by atoms with Crippen LogP contribution in [0.25, 0.3) is 0 Å². The van der Waals surface area contributed by atoms with Crippen LogP contribution in [-0.4, -0.2) is 35.5 Å². The number of Topliss-reactive ketones (excluding diaryl/α,β-unsaturated/α-hetero) is 3. The first-order valence-electron chi connectivity index (χ1n) is 11.7. The molecule has 1 atom stereocenters. The number of carbonyl (C=O) groups is 3. The molecule has 0 aliphatic heterocycles. The van der Waals surface area contributed by atoms with Crippen LogP contribution in [0.3, 0.4) is 0 Å². The lowest BCUT2D eigenvalue weighted by Gasteiger charge is -2.39. The van der Waals surface area contributed by atoms with Crippen LogP contribution in [-0.2, 0) is 14.4 Å². The van der Waals surface area contributed by atoms with Gasteiger partial charge in [0.25, 0.3) is 0 Å². The Morgan fingerprint density at radius 1 is 0.875 bits per heavy atom. The number of ketones is 3. The maximum atomic E-state index is 13.2. The van der Waals surface area contributed by atoms with E-state index in [1.165, 1.54) is 0 Å². The van der Waals surface area contributed by atoms with Gasteiger partial charge in [-0.2, -0.15) is 0 Å². The van der Waals surface area contributed by atoms with Gasteiger partial charge in [0.05, 0.1) is 5.92 Å². The number of hydrogen-bond donors (Lipinski definition) is 1. The summed E-state index contributed by atoms with van der Waals surface area (Å²) in [5.41, 5.74) is 1.32. The van der Waals surface area contributed by atoms with Crippen molar-refractivity contribution in [2.75, 3.05) is 18.0 Å². The van der Waals surface area contributed by atoms with E-state index >= 15 is 0 Å². The smallest absolute Gasteiger partial charge is 0.163 e. The molecule has 174 valence electrons. The van der Waals surface area contributed by atoms with E-state index in [1.807, 2.05) is 52.0 Å². The van der Waals surface area contributed by atoms with Gasteiger partial charge >= 0.3 is 0 Å². The second-order valence-corrected chi connectivity index (χ2v) is 11.0. The summed E-state index contributed by atoms with van der Waals surface area (Å²) in [5, 5.41) is 11.0. The minimum atomic E-state index is -0.926. The first-order valence-corrected chi connectivity index (χ1v) is 11.7. The fourth-order valence-corrected chi connectivity index (χ4v) is 5.44. The third-order valence-corrected chi connectivity index (χ3v) is 6.92. The van der Waals surface area contributed by atoms with E-state index in [4.69, 9.17) is 0 Å². The fraction of sp³-hybridized carbons (Fsp3) is 0.593. The van der Waals surface area contributed by atoms with E-state index in [1.54, 1.807) is 0 Å². The number of allylic oxidation sites excluding steroid dienone is 2. The van der Waals surface area contributed by atoms with Crippen LogP contribution in [0.4, 0.5) is 5.69 Å². The van der Waals surface area contributed by atoms with E-state index in [0.717, 1.165) is 24.3 Å². The van der Waals surface area contributed by atoms with Gasteiger partial charge in [0.15, 0.2) is 5.78 Å². The van der Waals surface area contributed by atoms with Gasteiger partial charge < -0.3 is 10.0 Å². The molecule has 5 nitrogen and oxygen atoms in total. The summed E-state index contributed by atoms with van der Waals surface area (Å²) in [5.74, 6) is -2.08. The maximum Gasteiger partial charge on any atom is 0.163 e. The topological polar surface area (TPSA) is 74.7 Å². The highest BCUT2D eigenvalue weighted by molar-refractivity contribution is 6.09. The fourth-order valence-electron chi connectivity index (χ4n) is 5.44. The van der Waals surface area contributed by atoms with Gasteiger partial charge in [-0.1, -0.05) is 39.8 Å². The molecule has 0 bridgehead atoms. The molecule has 0 radical (unpaired) electrons. The molecular formula is C27H37NO4. The quantitative estimate of drug-likeness (QED) is 0.601. The van der Waals surface area contributed by atoms with E-state index in [0.29, 0.717) is 25.7 Å². The van der Waals surface area contributed by atoms with Crippen molar-refractivity contribution in [3.05, 3.63) is 41.2 Å². The molecule has 1 saturated carbocycles. The van der Waals surface area contributed by atoms with E-state index < -0.39 is 11.8 Å². The molecule has 2 aliphatic rings. The summed E-state index contributed by atoms with van der Waals surface area (Å²) in [7, 11) is 0. The van der Waals surface area contributed by atoms with Crippen molar-refractivity contribution in [2.24, 2.45) is 16.7 Å². The van der Waals surface area contributed by atoms with E-state index in [-0.39, 0.29) is 39.5 Å². The third kappa shape index (κ3) is 4.82. The summed E-state index contributed by atoms with van der Waals surface area (Å²) < 4.78 is 0. The average molecular weight is 440 g/mol. The lowest BCUT2D eigenvalue weighted by atomic mass is 9.62. The predicted octanol–water partition coefficient (Wildman–Crippen LogP) is 5.39. The lowest BCUT2D eigenvalue weighted by molar-refractivity contribution is -0.140. The van der Waals surface area contributed by atoms with Crippen LogP contribution in [0.5, 0.6) is 0 Å². The molecule has 0 heterocycles. The molecule has 1 fully saturated rings. The highest BCUT2D eigenvalue weighted by atomic mass is 16.3. The summed E-state index contributed by atoms with van der Waals surface area (Å²) >= 11 is 0. The zero-order valence-corrected chi connectivity index (χ0v) is 20.3. The molecule has 1 N–H and O–H groups in total. The Morgan fingerprint density at radius 2 is 1.38 bits per heavy atom. The number of nitrogens with zero attached hydrogens (tertiary/aromatic N) is 1. The molecule has 0 aromatic heterocycles. The van der Waals surface area contributed by atoms with Crippen molar-refractivity contribution in [1.82, 2.24) is 0 Å². The van der Waals surface area contributed by atoms with Crippen LogP contribution < -0.4 is 4.90 Å². The van der Waals surface area contributed by atoms with Crippen LogP contribution in [0, 0.1) is 16.7 Å². The summed E-state index contributed by atoms with van der Waals surface area (Å²) in [6.45, 7) is 13.7. The second kappa shape index (κ2) is 8.84. The van der Waals surface area contributed by atoms with Crippen LogP contribution in [0.2, 0.25) is 0 Å². The molecule has 3 rings (SSSR count). The highest BCUT2D eigenvalue weighted by Crippen LogP contribution is 2.47. The minimum Gasteiger partial charge on any atom is -0.512 e. The Labute approximate surface area is 191 Å². The van der Waals surface area contributed by atoms with Crippen LogP contribution in [0.1, 0.15) is 78.7 Å². The van der Waals surface area contributed by atoms with Crippen molar-refractivity contribution in [2.45, 2.75) is 73.1 Å². The zero-order valence-electron chi connectivity index (χ0n) is 20.3. The SMILES string of the molecule is CCN(CC)c1ccc([C@H](C2=C(O)CC(C)(C)CC2=O)C2C(=O)CC(C)(C)CC2=O)cc1. The lowest BCUT2D eigenvalue weighted by Crippen LogP contribution is -2.43. The molecule has 1 aromatic rings. The van der Waals surface area contributed by atoms with Gasteiger partial charge in [0.2, 0.25) is 0 Å². The maximum absolute atomic E-state index is 13.2. The monoisotopic (exact) mass is 439 g/mol. The predicted molar refractivity (Wildman–Crippen MR) is 127 cm³/mol. The Balaban J connectivity index is 2.12. The van der Waals surface area contributed by atoms with Crippen molar-refractivity contribution < 1.29 is 19.5 Å². The van der Waals surface area contributed by atoms with Gasteiger partial charge in [-0.05, 0) is 42.4 Å². The standard InChI is InChI=1S/C27H37NO4/c1-7-28(8-2)18-11-9-17(10-12-18)23(24-19(29)13-26(3,4)14-20(24)30)25-21(31)15-27(5,6)16-22(25)32/h9-12,23-24,31H,7-8,13-16H2,1-6H3/t23-/m0/s1. The Bertz CT molecular complexity index is 915. The van der Waals surface area contributed by atoms with Gasteiger partial charge in [-0.25, -0.2) is 0 Å².